The minimum Gasteiger partial charge on any atom is -0.342 e. The third kappa shape index (κ3) is 3.58. The molecule has 0 bridgehead atoms. The lowest BCUT2D eigenvalue weighted by Gasteiger charge is -2.36. The van der Waals surface area contributed by atoms with E-state index in [1.807, 2.05) is 11.9 Å². The normalized spacial score (nSPS) is 24.5. The number of amides is 1. The van der Waals surface area contributed by atoms with Gasteiger partial charge in [-0.05, 0) is 43.8 Å². The molecule has 22 heavy (non-hydrogen) atoms. The zero-order valence-electron chi connectivity index (χ0n) is 13.4. The minimum absolute atomic E-state index is 0.197. The molecule has 3 heteroatoms. The molecule has 0 aromatic heterocycles. The van der Waals surface area contributed by atoms with Crippen molar-refractivity contribution < 1.29 is 4.79 Å². The first-order chi connectivity index (χ1) is 10.7. The van der Waals surface area contributed by atoms with E-state index in [2.05, 4.69) is 47.4 Å². The Kier molecular flexibility index (Phi) is 4.94. The van der Waals surface area contributed by atoms with Gasteiger partial charge in [0.25, 0.3) is 0 Å². The van der Waals surface area contributed by atoms with Crippen LogP contribution in [-0.4, -0.2) is 42.4 Å². The highest BCUT2D eigenvalue weighted by Crippen LogP contribution is 2.30. The predicted molar refractivity (Wildman–Crippen MR) is 89.3 cm³/mol. The van der Waals surface area contributed by atoms with Gasteiger partial charge in [-0.25, -0.2) is 0 Å². The fourth-order valence-electron chi connectivity index (χ4n) is 3.70. The number of benzene rings is 1. The van der Waals surface area contributed by atoms with Gasteiger partial charge in [-0.3, -0.25) is 9.69 Å². The van der Waals surface area contributed by atoms with Gasteiger partial charge in [-0.1, -0.05) is 42.5 Å². The third-order valence-electron chi connectivity index (χ3n) is 5.08. The van der Waals surface area contributed by atoms with Crippen molar-refractivity contribution in [2.24, 2.45) is 11.8 Å². The minimum atomic E-state index is 0.197. The molecule has 1 atom stereocenters. The van der Waals surface area contributed by atoms with Gasteiger partial charge >= 0.3 is 0 Å². The molecule has 2 heterocycles. The van der Waals surface area contributed by atoms with Crippen LogP contribution in [-0.2, 0) is 11.3 Å². The van der Waals surface area contributed by atoms with E-state index in [0.717, 1.165) is 45.4 Å². The molecule has 0 N–H and O–H groups in total. The molecule has 118 valence electrons. The number of piperidine rings is 1. The van der Waals surface area contributed by atoms with Gasteiger partial charge in [0.05, 0.1) is 0 Å². The zero-order valence-corrected chi connectivity index (χ0v) is 13.4. The Morgan fingerprint density at radius 2 is 1.82 bits per heavy atom. The number of allylic oxidation sites excluding steroid dienone is 1. The molecule has 1 amide bonds. The molecule has 1 aromatic rings. The lowest BCUT2D eigenvalue weighted by Crippen LogP contribution is -2.41. The molecular formula is C19H26N2O. The van der Waals surface area contributed by atoms with Crippen LogP contribution in [0.2, 0.25) is 0 Å². The molecule has 0 saturated carbocycles. The lowest BCUT2D eigenvalue weighted by atomic mass is 9.81. The average molecular weight is 298 g/mol. The van der Waals surface area contributed by atoms with Gasteiger partial charge < -0.3 is 4.90 Å². The molecule has 0 aliphatic carbocycles. The van der Waals surface area contributed by atoms with E-state index < -0.39 is 0 Å². The summed E-state index contributed by atoms with van der Waals surface area (Å²) in [4.78, 5) is 16.9. The van der Waals surface area contributed by atoms with Crippen molar-refractivity contribution in [2.75, 3.05) is 26.7 Å². The Balaban J connectivity index is 1.55. The van der Waals surface area contributed by atoms with Gasteiger partial charge in [-0.15, -0.1) is 0 Å². The van der Waals surface area contributed by atoms with E-state index in [9.17, 15) is 4.79 Å². The van der Waals surface area contributed by atoms with Crippen LogP contribution in [0, 0.1) is 11.8 Å². The summed E-state index contributed by atoms with van der Waals surface area (Å²) in [7, 11) is 1.93. The topological polar surface area (TPSA) is 23.6 Å². The molecule has 3 nitrogen and oxygen atoms in total. The standard InChI is InChI=1S/C19H26N2O/c1-20-12-6-5-9-18(19(20)22)17-10-13-21(14-11-17)15-16-7-3-2-4-8-16/h2-8,17-18H,9-15H2,1H3. The Morgan fingerprint density at radius 3 is 2.55 bits per heavy atom. The number of rotatable bonds is 3. The Hall–Kier alpha value is -1.61. The van der Waals surface area contributed by atoms with E-state index in [1.54, 1.807) is 0 Å². The summed E-state index contributed by atoms with van der Waals surface area (Å²) in [5.41, 5.74) is 1.38. The smallest absolute Gasteiger partial charge is 0.226 e. The summed E-state index contributed by atoms with van der Waals surface area (Å²) in [6.45, 7) is 4.02. The number of carbonyl (C=O) groups excluding carboxylic acids is 1. The molecule has 1 saturated heterocycles. The van der Waals surface area contributed by atoms with Crippen molar-refractivity contribution in [1.29, 1.82) is 0 Å². The van der Waals surface area contributed by atoms with Crippen LogP contribution in [0.4, 0.5) is 0 Å². The van der Waals surface area contributed by atoms with Gasteiger partial charge in [0.2, 0.25) is 5.91 Å². The van der Waals surface area contributed by atoms with Crippen LogP contribution in [0.3, 0.4) is 0 Å². The van der Waals surface area contributed by atoms with Gasteiger partial charge in [-0.2, -0.15) is 0 Å². The first-order valence-electron chi connectivity index (χ1n) is 8.40. The van der Waals surface area contributed by atoms with Gasteiger partial charge in [0.1, 0.15) is 0 Å². The summed E-state index contributed by atoms with van der Waals surface area (Å²) in [6, 6.07) is 10.7. The van der Waals surface area contributed by atoms with Gasteiger partial charge in [0, 0.05) is 26.1 Å². The number of likely N-dealkylation sites (tertiary alicyclic amines) is 1. The highest BCUT2D eigenvalue weighted by Gasteiger charge is 2.32. The Labute approximate surface area is 133 Å². The van der Waals surface area contributed by atoms with Crippen LogP contribution in [0.25, 0.3) is 0 Å². The highest BCUT2D eigenvalue weighted by atomic mass is 16.2. The summed E-state index contributed by atoms with van der Waals surface area (Å²) in [5.74, 6) is 1.08. The van der Waals surface area contributed by atoms with Crippen LogP contribution >= 0.6 is 0 Å². The van der Waals surface area contributed by atoms with Crippen molar-refractivity contribution in [2.45, 2.75) is 25.8 Å². The van der Waals surface area contributed by atoms with Crippen molar-refractivity contribution >= 4 is 5.91 Å². The average Bonchev–Trinajstić information content (AvgIpc) is 2.72. The third-order valence-corrected chi connectivity index (χ3v) is 5.08. The van der Waals surface area contributed by atoms with Crippen molar-refractivity contribution in [3.05, 3.63) is 48.0 Å². The van der Waals surface area contributed by atoms with Crippen LogP contribution in [0.1, 0.15) is 24.8 Å². The van der Waals surface area contributed by atoms with Crippen LogP contribution in [0.15, 0.2) is 42.5 Å². The second-order valence-electron chi connectivity index (χ2n) is 6.63. The largest absolute Gasteiger partial charge is 0.342 e. The van der Waals surface area contributed by atoms with Gasteiger partial charge in [0.15, 0.2) is 0 Å². The maximum absolute atomic E-state index is 12.5. The molecule has 1 fully saturated rings. The molecule has 0 radical (unpaired) electrons. The van der Waals surface area contributed by atoms with Crippen molar-refractivity contribution in [1.82, 2.24) is 9.80 Å². The molecule has 1 aromatic carbocycles. The Bertz CT molecular complexity index is 517. The molecule has 0 spiro atoms. The number of carbonyl (C=O) groups is 1. The summed E-state index contributed by atoms with van der Waals surface area (Å²) in [5, 5.41) is 0. The number of hydrogen-bond acceptors (Lipinski definition) is 2. The predicted octanol–water partition coefficient (Wildman–Crippen LogP) is 2.93. The molecule has 1 unspecified atom stereocenters. The monoisotopic (exact) mass is 298 g/mol. The first kappa shape index (κ1) is 15.3. The SMILES string of the molecule is CN1CC=CCC(C2CCN(Cc3ccccc3)CC2)C1=O. The van der Waals surface area contributed by atoms with E-state index in [1.165, 1.54) is 5.56 Å². The fourth-order valence-corrected chi connectivity index (χ4v) is 3.70. The van der Waals surface area contributed by atoms with Crippen molar-refractivity contribution in [3.63, 3.8) is 0 Å². The van der Waals surface area contributed by atoms with E-state index >= 15 is 0 Å². The molecule has 2 aliphatic heterocycles. The summed E-state index contributed by atoms with van der Waals surface area (Å²) in [6.07, 6.45) is 7.53. The second kappa shape index (κ2) is 7.10. The maximum atomic E-state index is 12.5. The van der Waals surface area contributed by atoms with E-state index in [0.29, 0.717) is 11.8 Å². The summed E-state index contributed by atoms with van der Waals surface area (Å²) < 4.78 is 0. The zero-order chi connectivity index (χ0) is 15.4. The summed E-state index contributed by atoms with van der Waals surface area (Å²) >= 11 is 0. The lowest BCUT2D eigenvalue weighted by molar-refractivity contribution is -0.135. The highest BCUT2D eigenvalue weighted by molar-refractivity contribution is 5.79. The number of nitrogens with zero attached hydrogens (tertiary/aromatic N) is 2. The Morgan fingerprint density at radius 1 is 1.09 bits per heavy atom. The quantitative estimate of drug-likeness (QED) is 0.801. The molecule has 3 rings (SSSR count). The van der Waals surface area contributed by atoms with Crippen molar-refractivity contribution in [3.8, 4) is 0 Å². The molecular weight excluding hydrogens is 272 g/mol. The van der Waals surface area contributed by atoms with E-state index in [-0.39, 0.29) is 5.92 Å². The van der Waals surface area contributed by atoms with Crippen LogP contribution in [0.5, 0.6) is 0 Å². The number of hydrogen-bond donors (Lipinski definition) is 0. The number of likely N-dealkylation sites (N-methyl/N-ethyl adjacent to an activating group) is 1. The second-order valence-corrected chi connectivity index (χ2v) is 6.63. The van der Waals surface area contributed by atoms with Crippen LogP contribution < -0.4 is 0 Å². The first-order valence-corrected chi connectivity index (χ1v) is 8.40. The van der Waals surface area contributed by atoms with E-state index in [4.69, 9.17) is 0 Å². The molecule has 2 aliphatic rings. The fraction of sp³-hybridized carbons (Fsp3) is 0.526. The maximum Gasteiger partial charge on any atom is 0.226 e.